The van der Waals surface area contributed by atoms with E-state index in [-0.39, 0.29) is 39.4 Å². The second-order valence-electron chi connectivity index (χ2n) is 5.05. The van der Waals surface area contributed by atoms with Crippen molar-refractivity contribution in [2.24, 2.45) is 0 Å². The molecule has 0 amide bonds. The van der Waals surface area contributed by atoms with E-state index in [1.807, 2.05) is 0 Å². The number of benzene rings is 2. The summed E-state index contributed by atoms with van der Waals surface area (Å²) in [6, 6.07) is 8.36. The Morgan fingerprint density at radius 1 is 1.21 bits per heavy atom. The van der Waals surface area contributed by atoms with Gasteiger partial charge in [-0.05, 0) is 37.3 Å². The normalized spacial score (nSPS) is 10.8. The van der Waals surface area contributed by atoms with Crippen LogP contribution in [0.5, 0.6) is 17.2 Å². The highest BCUT2D eigenvalue weighted by molar-refractivity contribution is 5.86. The second-order valence-corrected chi connectivity index (χ2v) is 5.05. The molecule has 3 aromatic rings. The molecule has 1 N–H and O–H groups in total. The fourth-order valence-corrected chi connectivity index (χ4v) is 2.45. The Kier molecular flexibility index (Phi) is 4.12. The van der Waals surface area contributed by atoms with Crippen LogP contribution in [0.2, 0.25) is 0 Å². The van der Waals surface area contributed by atoms with E-state index in [1.165, 1.54) is 37.4 Å². The molecule has 2 aromatic carbocycles. The van der Waals surface area contributed by atoms with Crippen LogP contribution in [0.1, 0.15) is 6.92 Å². The first-order chi connectivity index (χ1) is 11.5. The van der Waals surface area contributed by atoms with Crippen LogP contribution in [0.4, 0.5) is 4.39 Å². The summed E-state index contributed by atoms with van der Waals surface area (Å²) in [6.45, 7) is 2.10. The third-order valence-electron chi connectivity index (χ3n) is 3.55. The highest BCUT2D eigenvalue weighted by Gasteiger charge is 2.15. The minimum absolute atomic E-state index is 0.0536. The van der Waals surface area contributed by atoms with Crippen molar-refractivity contribution < 1.29 is 23.4 Å². The van der Waals surface area contributed by atoms with Gasteiger partial charge in [-0.2, -0.15) is 0 Å². The standard InChI is InChI=1S/C18H15FO5/c1-3-23-15-7-4-10(8-12(15)19)16-9-14(21)11-5-6-13(20)18(22-2)17(11)24-16/h4-9,20H,3H2,1-2H3. The number of rotatable bonds is 4. The smallest absolute Gasteiger partial charge is 0.204 e. The average Bonchev–Trinajstić information content (AvgIpc) is 2.56. The van der Waals surface area contributed by atoms with E-state index in [9.17, 15) is 14.3 Å². The van der Waals surface area contributed by atoms with E-state index in [0.717, 1.165) is 0 Å². The number of phenolic OH excluding ortho intramolecular Hbond substituents is 1. The first-order valence-corrected chi connectivity index (χ1v) is 7.31. The van der Waals surface area contributed by atoms with Gasteiger partial charge in [-0.3, -0.25) is 4.79 Å². The van der Waals surface area contributed by atoms with Crippen LogP contribution in [0.25, 0.3) is 22.3 Å². The maximum atomic E-state index is 14.0. The summed E-state index contributed by atoms with van der Waals surface area (Å²) >= 11 is 0. The summed E-state index contributed by atoms with van der Waals surface area (Å²) in [5.41, 5.74) is 0.161. The Morgan fingerprint density at radius 2 is 2.00 bits per heavy atom. The number of ether oxygens (including phenoxy) is 2. The fraction of sp³-hybridized carbons (Fsp3) is 0.167. The van der Waals surface area contributed by atoms with Crippen LogP contribution in [-0.2, 0) is 0 Å². The zero-order chi connectivity index (χ0) is 17.3. The van der Waals surface area contributed by atoms with E-state index in [4.69, 9.17) is 13.9 Å². The van der Waals surface area contributed by atoms with Gasteiger partial charge >= 0.3 is 0 Å². The Bertz CT molecular complexity index is 962. The molecule has 24 heavy (non-hydrogen) atoms. The molecule has 0 fully saturated rings. The number of fused-ring (bicyclic) bond motifs is 1. The average molecular weight is 330 g/mol. The van der Waals surface area contributed by atoms with Gasteiger partial charge in [0, 0.05) is 11.6 Å². The Labute approximate surface area is 136 Å². The third-order valence-corrected chi connectivity index (χ3v) is 3.55. The van der Waals surface area contributed by atoms with Crippen LogP contribution in [0, 0.1) is 5.82 Å². The molecule has 0 spiro atoms. The van der Waals surface area contributed by atoms with Crippen molar-refractivity contribution in [3.05, 3.63) is 52.4 Å². The van der Waals surface area contributed by atoms with Crippen LogP contribution < -0.4 is 14.9 Å². The minimum atomic E-state index is -0.556. The van der Waals surface area contributed by atoms with Crippen molar-refractivity contribution in [1.82, 2.24) is 0 Å². The monoisotopic (exact) mass is 330 g/mol. The van der Waals surface area contributed by atoms with E-state index in [0.29, 0.717) is 12.2 Å². The van der Waals surface area contributed by atoms with E-state index in [1.54, 1.807) is 13.0 Å². The van der Waals surface area contributed by atoms with Gasteiger partial charge in [0.15, 0.2) is 28.3 Å². The molecule has 0 aliphatic rings. The number of hydrogen-bond donors (Lipinski definition) is 1. The van der Waals surface area contributed by atoms with Gasteiger partial charge in [-0.1, -0.05) is 0 Å². The van der Waals surface area contributed by atoms with Crippen LogP contribution in [0.15, 0.2) is 45.6 Å². The second kappa shape index (κ2) is 6.23. The molecule has 0 bridgehead atoms. The quantitative estimate of drug-likeness (QED) is 0.790. The van der Waals surface area contributed by atoms with Crippen molar-refractivity contribution >= 4 is 11.0 Å². The fourth-order valence-electron chi connectivity index (χ4n) is 2.45. The zero-order valence-electron chi connectivity index (χ0n) is 13.1. The van der Waals surface area contributed by atoms with Crippen molar-refractivity contribution in [3.8, 4) is 28.6 Å². The molecular weight excluding hydrogens is 315 g/mol. The topological polar surface area (TPSA) is 68.9 Å². The molecule has 0 aliphatic carbocycles. The van der Waals surface area contributed by atoms with Crippen molar-refractivity contribution in [3.63, 3.8) is 0 Å². The number of aromatic hydroxyl groups is 1. The molecular formula is C18H15FO5. The Hall–Kier alpha value is -3.02. The number of phenols is 1. The first-order valence-electron chi connectivity index (χ1n) is 7.31. The van der Waals surface area contributed by atoms with Crippen molar-refractivity contribution in [2.75, 3.05) is 13.7 Å². The highest BCUT2D eigenvalue weighted by atomic mass is 19.1. The van der Waals surface area contributed by atoms with E-state index in [2.05, 4.69) is 0 Å². The first kappa shape index (κ1) is 15.9. The molecule has 0 aliphatic heterocycles. The van der Waals surface area contributed by atoms with Crippen LogP contribution in [0.3, 0.4) is 0 Å². The lowest BCUT2D eigenvalue weighted by Crippen LogP contribution is -2.02. The molecule has 0 unspecified atom stereocenters. The molecule has 1 aromatic heterocycles. The lowest BCUT2D eigenvalue weighted by Gasteiger charge is -2.09. The predicted molar refractivity (Wildman–Crippen MR) is 87.3 cm³/mol. The summed E-state index contributed by atoms with van der Waals surface area (Å²) in [5, 5.41) is 10.1. The SMILES string of the molecule is CCOc1ccc(-c2cc(=O)c3ccc(O)c(OC)c3o2)cc1F. The number of methoxy groups -OCH3 is 1. The van der Waals surface area contributed by atoms with Crippen LogP contribution >= 0.6 is 0 Å². The summed E-state index contributed by atoms with van der Waals surface area (Å²) in [5.74, 6) is -0.362. The Morgan fingerprint density at radius 3 is 2.67 bits per heavy atom. The maximum Gasteiger partial charge on any atom is 0.204 e. The van der Waals surface area contributed by atoms with Gasteiger partial charge in [-0.25, -0.2) is 4.39 Å². The largest absolute Gasteiger partial charge is 0.504 e. The molecule has 5 nitrogen and oxygen atoms in total. The molecule has 1 heterocycles. The number of halogens is 1. The van der Waals surface area contributed by atoms with E-state index < -0.39 is 5.82 Å². The van der Waals surface area contributed by atoms with Crippen LogP contribution in [-0.4, -0.2) is 18.8 Å². The Balaban J connectivity index is 2.20. The summed E-state index contributed by atoms with van der Waals surface area (Å²) < 4.78 is 30.0. The lowest BCUT2D eigenvalue weighted by atomic mass is 10.1. The van der Waals surface area contributed by atoms with Gasteiger partial charge in [0.1, 0.15) is 5.76 Å². The predicted octanol–water partition coefficient (Wildman–Crippen LogP) is 3.71. The zero-order valence-corrected chi connectivity index (χ0v) is 13.1. The molecule has 0 atom stereocenters. The number of hydrogen-bond acceptors (Lipinski definition) is 5. The molecule has 6 heteroatoms. The minimum Gasteiger partial charge on any atom is -0.504 e. The van der Waals surface area contributed by atoms with Gasteiger partial charge < -0.3 is 19.0 Å². The highest BCUT2D eigenvalue weighted by Crippen LogP contribution is 2.35. The summed E-state index contributed by atoms with van der Waals surface area (Å²) in [7, 11) is 1.36. The maximum absolute atomic E-state index is 14.0. The van der Waals surface area contributed by atoms with Crippen molar-refractivity contribution in [1.29, 1.82) is 0 Å². The molecule has 0 saturated carbocycles. The molecule has 3 rings (SSSR count). The molecule has 0 radical (unpaired) electrons. The van der Waals surface area contributed by atoms with Gasteiger partial charge in [0.2, 0.25) is 5.75 Å². The molecule has 124 valence electrons. The summed E-state index contributed by atoms with van der Waals surface area (Å²) in [6.07, 6.45) is 0. The van der Waals surface area contributed by atoms with Gasteiger partial charge in [0.25, 0.3) is 0 Å². The lowest BCUT2D eigenvalue weighted by molar-refractivity contribution is 0.321. The third kappa shape index (κ3) is 2.67. The molecule has 0 saturated heterocycles. The van der Waals surface area contributed by atoms with Crippen molar-refractivity contribution in [2.45, 2.75) is 6.92 Å². The van der Waals surface area contributed by atoms with Gasteiger partial charge in [-0.15, -0.1) is 0 Å². The van der Waals surface area contributed by atoms with Gasteiger partial charge in [0.05, 0.1) is 19.1 Å². The summed E-state index contributed by atoms with van der Waals surface area (Å²) in [4.78, 5) is 12.3. The van der Waals surface area contributed by atoms with E-state index >= 15 is 0 Å².